The highest BCUT2D eigenvalue weighted by Crippen LogP contribution is 2.16. The number of furan rings is 1. The van der Waals surface area contributed by atoms with Gasteiger partial charge in [0.2, 0.25) is 0 Å². The zero-order valence-electron chi connectivity index (χ0n) is 11.9. The summed E-state index contributed by atoms with van der Waals surface area (Å²) >= 11 is 0. The predicted molar refractivity (Wildman–Crippen MR) is 75.7 cm³/mol. The summed E-state index contributed by atoms with van der Waals surface area (Å²) in [6.45, 7) is 6.28. The van der Waals surface area contributed by atoms with Gasteiger partial charge in [-0.05, 0) is 31.2 Å². The van der Waals surface area contributed by atoms with Crippen molar-refractivity contribution in [3.63, 3.8) is 0 Å². The number of ether oxygens (including phenoxy) is 1. The van der Waals surface area contributed by atoms with Crippen LogP contribution in [-0.2, 0) is 24.5 Å². The largest absolute Gasteiger partial charge is 0.462 e. The average Bonchev–Trinajstić information content (AvgIpc) is 2.79. The van der Waals surface area contributed by atoms with Crippen molar-refractivity contribution < 1.29 is 13.5 Å². The van der Waals surface area contributed by atoms with Crippen LogP contribution in [0.15, 0.2) is 34.7 Å². The Balaban J connectivity index is 1.87. The maximum Gasteiger partial charge on any atom is 0.130 e. The minimum atomic E-state index is -0.240. The van der Waals surface area contributed by atoms with E-state index in [-0.39, 0.29) is 12.4 Å². The van der Waals surface area contributed by atoms with Crippen molar-refractivity contribution >= 4 is 0 Å². The van der Waals surface area contributed by atoms with E-state index in [1.807, 2.05) is 13.0 Å². The summed E-state index contributed by atoms with van der Waals surface area (Å²) in [5.41, 5.74) is 1.67. The highest BCUT2D eigenvalue weighted by molar-refractivity contribution is 5.20. The first-order valence-corrected chi connectivity index (χ1v) is 6.80. The number of halogens is 1. The molecule has 2 rings (SSSR count). The SMILES string of the molecule is CCNCc1oc(COCc2ccccc2F)cc1C. The molecule has 1 N–H and O–H groups in total. The van der Waals surface area contributed by atoms with Crippen LogP contribution in [0.1, 0.15) is 29.6 Å². The number of hydrogen-bond donors (Lipinski definition) is 1. The lowest BCUT2D eigenvalue weighted by Crippen LogP contribution is -2.11. The van der Waals surface area contributed by atoms with E-state index >= 15 is 0 Å². The van der Waals surface area contributed by atoms with Gasteiger partial charge in [0, 0.05) is 5.56 Å². The van der Waals surface area contributed by atoms with Crippen LogP contribution >= 0.6 is 0 Å². The molecule has 0 saturated heterocycles. The fraction of sp³-hybridized carbons (Fsp3) is 0.375. The van der Waals surface area contributed by atoms with Crippen LogP contribution in [-0.4, -0.2) is 6.54 Å². The highest BCUT2D eigenvalue weighted by Gasteiger charge is 2.08. The molecule has 2 aromatic rings. The van der Waals surface area contributed by atoms with Crippen LogP contribution < -0.4 is 5.32 Å². The summed E-state index contributed by atoms with van der Waals surface area (Å²) in [4.78, 5) is 0. The van der Waals surface area contributed by atoms with Crippen molar-refractivity contribution in [1.82, 2.24) is 5.32 Å². The zero-order chi connectivity index (χ0) is 14.4. The fourth-order valence-electron chi connectivity index (χ4n) is 1.95. The Kier molecular flexibility index (Phi) is 5.32. The molecule has 0 unspecified atom stereocenters. The minimum Gasteiger partial charge on any atom is -0.462 e. The number of nitrogens with one attached hydrogen (secondary N) is 1. The molecule has 108 valence electrons. The highest BCUT2D eigenvalue weighted by atomic mass is 19.1. The summed E-state index contributed by atoms with van der Waals surface area (Å²) in [5.74, 6) is 1.46. The molecular formula is C16H20FNO2. The lowest BCUT2D eigenvalue weighted by atomic mass is 10.2. The van der Waals surface area contributed by atoms with Gasteiger partial charge in [0.05, 0.1) is 13.2 Å². The van der Waals surface area contributed by atoms with Gasteiger partial charge in [-0.3, -0.25) is 0 Å². The van der Waals surface area contributed by atoms with Gasteiger partial charge in [-0.25, -0.2) is 4.39 Å². The summed E-state index contributed by atoms with van der Waals surface area (Å²) in [6.07, 6.45) is 0. The standard InChI is InChI=1S/C16H20FNO2/c1-3-18-9-16-12(2)8-14(20-16)11-19-10-13-6-4-5-7-15(13)17/h4-8,18H,3,9-11H2,1-2H3. The summed E-state index contributed by atoms with van der Waals surface area (Å²) < 4.78 is 24.6. The molecule has 0 amide bonds. The van der Waals surface area contributed by atoms with Gasteiger partial charge in [0.15, 0.2) is 0 Å². The molecule has 1 aromatic carbocycles. The first kappa shape index (κ1) is 14.8. The number of benzene rings is 1. The molecule has 1 aromatic heterocycles. The number of rotatable bonds is 7. The predicted octanol–water partition coefficient (Wildman–Crippen LogP) is 3.55. The van der Waals surface area contributed by atoms with Crippen molar-refractivity contribution in [3.8, 4) is 0 Å². The Bertz CT molecular complexity index is 551. The van der Waals surface area contributed by atoms with E-state index in [0.29, 0.717) is 12.2 Å². The van der Waals surface area contributed by atoms with E-state index in [1.165, 1.54) is 6.07 Å². The van der Waals surface area contributed by atoms with E-state index in [4.69, 9.17) is 9.15 Å². The Morgan fingerprint density at radius 1 is 1.25 bits per heavy atom. The summed E-state index contributed by atoms with van der Waals surface area (Å²) in [5, 5.41) is 3.22. The maximum absolute atomic E-state index is 13.4. The van der Waals surface area contributed by atoms with E-state index < -0.39 is 0 Å². The van der Waals surface area contributed by atoms with Crippen LogP contribution in [0.3, 0.4) is 0 Å². The fourth-order valence-corrected chi connectivity index (χ4v) is 1.95. The molecule has 0 aliphatic heterocycles. The molecule has 0 fully saturated rings. The molecule has 0 radical (unpaired) electrons. The van der Waals surface area contributed by atoms with Crippen LogP contribution in [0.25, 0.3) is 0 Å². The van der Waals surface area contributed by atoms with Gasteiger partial charge in [-0.1, -0.05) is 25.1 Å². The second-order valence-electron chi connectivity index (χ2n) is 4.68. The van der Waals surface area contributed by atoms with Crippen molar-refractivity contribution in [3.05, 3.63) is 58.8 Å². The van der Waals surface area contributed by atoms with E-state index in [1.54, 1.807) is 18.2 Å². The van der Waals surface area contributed by atoms with Crippen molar-refractivity contribution in [1.29, 1.82) is 0 Å². The lowest BCUT2D eigenvalue weighted by molar-refractivity contribution is 0.0899. The van der Waals surface area contributed by atoms with E-state index in [2.05, 4.69) is 12.2 Å². The number of hydrogen-bond acceptors (Lipinski definition) is 3. The molecule has 0 spiro atoms. The Hall–Kier alpha value is -1.65. The van der Waals surface area contributed by atoms with Gasteiger partial charge in [0.1, 0.15) is 23.9 Å². The average molecular weight is 277 g/mol. The molecule has 0 aliphatic rings. The summed E-state index contributed by atoms with van der Waals surface area (Å²) in [7, 11) is 0. The maximum atomic E-state index is 13.4. The smallest absolute Gasteiger partial charge is 0.130 e. The van der Waals surface area contributed by atoms with Gasteiger partial charge in [-0.2, -0.15) is 0 Å². The molecule has 0 saturated carbocycles. The third kappa shape index (κ3) is 3.92. The molecule has 20 heavy (non-hydrogen) atoms. The molecule has 0 bridgehead atoms. The zero-order valence-corrected chi connectivity index (χ0v) is 11.9. The third-order valence-electron chi connectivity index (χ3n) is 3.07. The monoisotopic (exact) mass is 277 g/mol. The second kappa shape index (κ2) is 7.22. The molecular weight excluding hydrogens is 257 g/mol. The minimum absolute atomic E-state index is 0.240. The van der Waals surface area contributed by atoms with Gasteiger partial charge in [-0.15, -0.1) is 0 Å². The van der Waals surface area contributed by atoms with E-state index in [9.17, 15) is 4.39 Å². The van der Waals surface area contributed by atoms with Gasteiger partial charge in [0.25, 0.3) is 0 Å². The molecule has 1 heterocycles. The first-order chi connectivity index (χ1) is 9.70. The third-order valence-corrected chi connectivity index (χ3v) is 3.07. The van der Waals surface area contributed by atoms with Gasteiger partial charge < -0.3 is 14.5 Å². The van der Waals surface area contributed by atoms with Gasteiger partial charge >= 0.3 is 0 Å². The number of aryl methyl sites for hydroxylation is 1. The van der Waals surface area contributed by atoms with Crippen molar-refractivity contribution in [2.45, 2.75) is 33.6 Å². The molecule has 0 aliphatic carbocycles. The normalized spacial score (nSPS) is 10.9. The first-order valence-electron chi connectivity index (χ1n) is 6.80. The van der Waals surface area contributed by atoms with Crippen LogP contribution in [0, 0.1) is 12.7 Å². The van der Waals surface area contributed by atoms with Crippen LogP contribution in [0.5, 0.6) is 0 Å². The second-order valence-corrected chi connectivity index (χ2v) is 4.68. The molecule has 4 heteroatoms. The van der Waals surface area contributed by atoms with Crippen LogP contribution in [0.2, 0.25) is 0 Å². The quantitative estimate of drug-likeness (QED) is 0.840. The van der Waals surface area contributed by atoms with E-state index in [0.717, 1.165) is 30.2 Å². The Labute approximate surface area is 118 Å². The van der Waals surface area contributed by atoms with Crippen molar-refractivity contribution in [2.75, 3.05) is 6.54 Å². The Morgan fingerprint density at radius 3 is 2.80 bits per heavy atom. The molecule has 0 atom stereocenters. The van der Waals surface area contributed by atoms with Crippen molar-refractivity contribution in [2.24, 2.45) is 0 Å². The summed E-state index contributed by atoms with van der Waals surface area (Å²) in [6, 6.07) is 8.59. The topological polar surface area (TPSA) is 34.4 Å². The lowest BCUT2D eigenvalue weighted by Gasteiger charge is -2.03. The molecule has 3 nitrogen and oxygen atoms in total. The Morgan fingerprint density at radius 2 is 2.05 bits per heavy atom. The van der Waals surface area contributed by atoms with Crippen LogP contribution in [0.4, 0.5) is 4.39 Å².